The fraction of sp³-hybridized carbons (Fsp3) is 0.455. The number of hydrogen-bond donors (Lipinski definition) is 1. The summed E-state index contributed by atoms with van der Waals surface area (Å²) in [5, 5.41) is 0. The SMILES string of the molecule is C[Si](C)(C)OCCc1ccccc1S. The van der Waals surface area contributed by atoms with Crippen molar-refractivity contribution in [3.05, 3.63) is 29.8 Å². The standard InChI is InChI=1S/C11H18OSSi/c1-14(2,3)12-9-8-10-6-4-5-7-11(10)13/h4-7,13H,8-9H2,1-3H3. The van der Waals surface area contributed by atoms with Gasteiger partial charge in [0.1, 0.15) is 0 Å². The van der Waals surface area contributed by atoms with Gasteiger partial charge in [-0.25, -0.2) is 0 Å². The topological polar surface area (TPSA) is 9.23 Å². The summed E-state index contributed by atoms with van der Waals surface area (Å²) < 4.78 is 5.79. The molecule has 0 aliphatic carbocycles. The first-order chi connectivity index (χ1) is 6.49. The molecule has 0 aliphatic rings. The average molecular weight is 226 g/mol. The van der Waals surface area contributed by atoms with Gasteiger partial charge in [-0.3, -0.25) is 0 Å². The Morgan fingerprint density at radius 2 is 1.86 bits per heavy atom. The minimum atomic E-state index is -1.35. The third kappa shape index (κ3) is 4.31. The maximum absolute atomic E-state index is 5.79. The van der Waals surface area contributed by atoms with Gasteiger partial charge in [0.25, 0.3) is 0 Å². The van der Waals surface area contributed by atoms with E-state index in [0.29, 0.717) is 0 Å². The van der Waals surface area contributed by atoms with Crippen molar-refractivity contribution in [2.45, 2.75) is 31.0 Å². The first-order valence-electron chi connectivity index (χ1n) is 4.90. The van der Waals surface area contributed by atoms with E-state index >= 15 is 0 Å². The Bertz CT molecular complexity index is 294. The fourth-order valence-electron chi connectivity index (χ4n) is 1.19. The molecule has 0 heterocycles. The minimum absolute atomic E-state index is 0.813. The maximum Gasteiger partial charge on any atom is 0.183 e. The van der Waals surface area contributed by atoms with Crippen molar-refractivity contribution in [1.82, 2.24) is 0 Å². The van der Waals surface area contributed by atoms with Crippen LogP contribution in [-0.4, -0.2) is 14.9 Å². The third-order valence-corrected chi connectivity index (χ3v) is 3.40. The van der Waals surface area contributed by atoms with E-state index in [1.807, 2.05) is 18.2 Å². The van der Waals surface area contributed by atoms with Crippen LogP contribution in [0.4, 0.5) is 0 Å². The van der Waals surface area contributed by atoms with E-state index in [1.165, 1.54) is 5.56 Å². The highest BCUT2D eigenvalue weighted by atomic mass is 32.1. The average Bonchev–Trinajstić information content (AvgIpc) is 2.06. The van der Waals surface area contributed by atoms with Crippen LogP contribution in [0.2, 0.25) is 19.6 Å². The summed E-state index contributed by atoms with van der Waals surface area (Å²) in [4.78, 5) is 1.06. The van der Waals surface area contributed by atoms with Gasteiger partial charge >= 0.3 is 0 Å². The van der Waals surface area contributed by atoms with Crippen molar-refractivity contribution in [2.24, 2.45) is 0 Å². The summed E-state index contributed by atoms with van der Waals surface area (Å²) in [6.07, 6.45) is 0.962. The lowest BCUT2D eigenvalue weighted by atomic mass is 10.2. The number of hydrogen-bond acceptors (Lipinski definition) is 2. The van der Waals surface area contributed by atoms with Gasteiger partial charge in [-0.05, 0) is 37.7 Å². The first kappa shape index (κ1) is 11.8. The highest BCUT2D eigenvalue weighted by Gasteiger charge is 2.13. The Labute approximate surface area is 93.0 Å². The van der Waals surface area contributed by atoms with Gasteiger partial charge in [-0.1, -0.05) is 18.2 Å². The summed E-state index contributed by atoms with van der Waals surface area (Å²) >= 11 is 4.40. The molecule has 0 bridgehead atoms. The molecule has 0 aromatic heterocycles. The van der Waals surface area contributed by atoms with Crippen LogP contribution in [-0.2, 0) is 10.8 Å². The molecular formula is C11H18OSSi. The van der Waals surface area contributed by atoms with E-state index in [1.54, 1.807) is 0 Å². The smallest absolute Gasteiger partial charge is 0.183 e. The van der Waals surface area contributed by atoms with Gasteiger partial charge in [0.05, 0.1) is 0 Å². The van der Waals surface area contributed by atoms with Gasteiger partial charge in [-0.2, -0.15) is 0 Å². The van der Waals surface area contributed by atoms with Crippen LogP contribution < -0.4 is 0 Å². The van der Waals surface area contributed by atoms with E-state index in [-0.39, 0.29) is 0 Å². The van der Waals surface area contributed by atoms with Gasteiger partial charge in [0.15, 0.2) is 8.32 Å². The van der Waals surface area contributed by atoms with E-state index in [4.69, 9.17) is 4.43 Å². The molecule has 1 rings (SSSR count). The number of thiol groups is 1. The molecule has 0 atom stereocenters. The van der Waals surface area contributed by atoms with E-state index in [9.17, 15) is 0 Å². The normalized spacial score (nSPS) is 11.7. The zero-order chi connectivity index (χ0) is 10.6. The van der Waals surface area contributed by atoms with Crippen molar-refractivity contribution < 1.29 is 4.43 Å². The molecule has 0 saturated carbocycles. The highest BCUT2D eigenvalue weighted by Crippen LogP contribution is 2.14. The molecule has 14 heavy (non-hydrogen) atoms. The predicted octanol–water partition coefficient (Wildman–Crippen LogP) is 3.37. The third-order valence-electron chi connectivity index (χ3n) is 1.90. The van der Waals surface area contributed by atoms with E-state index < -0.39 is 8.32 Å². The largest absolute Gasteiger partial charge is 0.417 e. The number of benzene rings is 1. The molecule has 78 valence electrons. The molecule has 0 unspecified atom stereocenters. The molecule has 1 aromatic rings. The Kier molecular flexibility index (Phi) is 4.23. The summed E-state index contributed by atoms with van der Waals surface area (Å²) in [7, 11) is -1.35. The van der Waals surface area contributed by atoms with Crippen LogP contribution in [0, 0.1) is 0 Å². The zero-order valence-electron chi connectivity index (χ0n) is 9.08. The van der Waals surface area contributed by atoms with Gasteiger partial charge < -0.3 is 4.43 Å². The maximum atomic E-state index is 5.79. The monoisotopic (exact) mass is 226 g/mol. The minimum Gasteiger partial charge on any atom is -0.417 e. The van der Waals surface area contributed by atoms with E-state index in [2.05, 4.69) is 38.3 Å². The van der Waals surface area contributed by atoms with Crippen molar-refractivity contribution in [3.8, 4) is 0 Å². The Balaban J connectivity index is 2.43. The second-order valence-electron chi connectivity index (χ2n) is 4.34. The van der Waals surface area contributed by atoms with Crippen LogP contribution in [0.25, 0.3) is 0 Å². The summed E-state index contributed by atoms with van der Waals surface area (Å²) in [5.74, 6) is 0. The molecule has 0 aliphatic heterocycles. The molecule has 0 fully saturated rings. The second kappa shape index (κ2) is 5.00. The molecule has 0 N–H and O–H groups in total. The summed E-state index contributed by atoms with van der Waals surface area (Å²) in [5.41, 5.74) is 1.27. The van der Waals surface area contributed by atoms with E-state index in [0.717, 1.165) is 17.9 Å². The van der Waals surface area contributed by atoms with Crippen LogP contribution >= 0.6 is 12.6 Å². The van der Waals surface area contributed by atoms with Crippen LogP contribution in [0.3, 0.4) is 0 Å². The zero-order valence-corrected chi connectivity index (χ0v) is 11.0. The van der Waals surface area contributed by atoms with Crippen molar-refractivity contribution in [3.63, 3.8) is 0 Å². The van der Waals surface area contributed by atoms with Crippen molar-refractivity contribution in [2.75, 3.05) is 6.61 Å². The Morgan fingerprint density at radius 3 is 2.43 bits per heavy atom. The van der Waals surface area contributed by atoms with Crippen molar-refractivity contribution >= 4 is 20.9 Å². The molecule has 0 amide bonds. The summed E-state index contributed by atoms with van der Waals surface area (Å²) in [6.45, 7) is 7.44. The van der Waals surface area contributed by atoms with Gasteiger partial charge in [0, 0.05) is 11.5 Å². The number of rotatable bonds is 4. The highest BCUT2D eigenvalue weighted by molar-refractivity contribution is 7.80. The lowest BCUT2D eigenvalue weighted by Gasteiger charge is -2.17. The molecular weight excluding hydrogens is 208 g/mol. The van der Waals surface area contributed by atoms with Crippen LogP contribution in [0.15, 0.2) is 29.2 Å². The Morgan fingerprint density at radius 1 is 1.21 bits per heavy atom. The molecule has 3 heteroatoms. The Hall–Kier alpha value is -0.253. The molecule has 0 saturated heterocycles. The lowest BCUT2D eigenvalue weighted by molar-refractivity contribution is 0.315. The molecule has 1 aromatic carbocycles. The van der Waals surface area contributed by atoms with Crippen molar-refractivity contribution in [1.29, 1.82) is 0 Å². The first-order valence-corrected chi connectivity index (χ1v) is 8.75. The van der Waals surface area contributed by atoms with Gasteiger partial charge in [0.2, 0.25) is 0 Å². The second-order valence-corrected chi connectivity index (χ2v) is 9.33. The van der Waals surface area contributed by atoms with Crippen LogP contribution in [0.5, 0.6) is 0 Å². The molecule has 1 nitrogen and oxygen atoms in total. The quantitative estimate of drug-likeness (QED) is 0.612. The summed E-state index contributed by atoms with van der Waals surface area (Å²) in [6, 6.07) is 8.18. The molecule has 0 radical (unpaired) electrons. The van der Waals surface area contributed by atoms with Gasteiger partial charge in [-0.15, -0.1) is 12.6 Å². The van der Waals surface area contributed by atoms with Crippen LogP contribution in [0.1, 0.15) is 5.56 Å². The fourth-order valence-corrected chi connectivity index (χ4v) is 2.18. The molecule has 0 spiro atoms. The predicted molar refractivity (Wildman–Crippen MR) is 66.7 cm³/mol. The lowest BCUT2D eigenvalue weighted by Crippen LogP contribution is -2.26.